The Balaban J connectivity index is 1.49. The number of fused-ring (bicyclic) bond motifs is 1. The molecule has 0 atom stereocenters. The van der Waals surface area contributed by atoms with E-state index in [-0.39, 0.29) is 11.7 Å². The Bertz CT molecular complexity index is 931. The summed E-state index contributed by atoms with van der Waals surface area (Å²) in [6, 6.07) is 12.2. The summed E-state index contributed by atoms with van der Waals surface area (Å²) in [5.74, 6) is -0.341. The van der Waals surface area contributed by atoms with Crippen LogP contribution < -0.4 is 4.90 Å². The first-order valence-electron chi connectivity index (χ1n) is 8.18. The summed E-state index contributed by atoms with van der Waals surface area (Å²) in [6.07, 6.45) is 1.66. The SMILES string of the molecule is O=C(c1c[nH]c2cc(F)ccc12)N1CCN(c2cccc(Cl)c2)CC1. The van der Waals surface area contributed by atoms with Crippen molar-refractivity contribution in [3.8, 4) is 0 Å². The van der Waals surface area contributed by atoms with Gasteiger partial charge in [0.05, 0.1) is 5.56 Å². The van der Waals surface area contributed by atoms with Gasteiger partial charge >= 0.3 is 0 Å². The largest absolute Gasteiger partial charge is 0.368 e. The van der Waals surface area contributed by atoms with E-state index in [1.165, 1.54) is 12.1 Å². The minimum Gasteiger partial charge on any atom is -0.368 e. The maximum absolute atomic E-state index is 13.3. The van der Waals surface area contributed by atoms with Gasteiger partial charge < -0.3 is 14.8 Å². The minimum atomic E-state index is -0.316. The lowest BCUT2D eigenvalue weighted by atomic mass is 10.1. The predicted octanol–water partition coefficient (Wildman–Crippen LogP) is 3.92. The highest BCUT2D eigenvalue weighted by molar-refractivity contribution is 6.30. The first-order chi connectivity index (χ1) is 12.1. The van der Waals surface area contributed by atoms with Gasteiger partial charge in [0.25, 0.3) is 5.91 Å². The summed E-state index contributed by atoms with van der Waals surface area (Å²) in [6.45, 7) is 2.78. The van der Waals surface area contributed by atoms with Crippen LogP contribution in [0.4, 0.5) is 10.1 Å². The summed E-state index contributed by atoms with van der Waals surface area (Å²) in [5, 5.41) is 1.46. The number of H-pyrrole nitrogens is 1. The second-order valence-electron chi connectivity index (χ2n) is 6.15. The molecule has 1 aliphatic rings. The van der Waals surface area contributed by atoms with E-state index < -0.39 is 0 Å². The number of piperazine rings is 1. The fourth-order valence-corrected chi connectivity index (χ4v) is 3.47. The molecule has 0 aliphatic carbocycles. The normalized spacial score (nSPS) is 15.0. The predicted molar refractivity (Wildman–Crippen MR) is 97.8 cm³/mol. The monoisotopic (exact) mass is 357 g/mol. The van der Waals surface area contributed by atoms with Gasteiger partial charge in [-0.2, -0.15) is 0 Å². The van der Waals surface area contributed by atoms with Crippen molar-refractivity contribution in [2.45, 2.75) is 0 Å². The third-order valence-electron chi connectivity index (χ3n) is 4.61. The Morgan fingerprint density at radius 1 is 1.08 bits per heavy atom. The highest BCUT2D eigenvalue weighted by Gasteiger charge is 2.24. The first kappa shape index (κ1) is 16.0. The Morgan fingerprint density at radius 2 is 1.88 bits per heavy atom. The van der Waals surface area contributed by atoms with Crippen molar-refractivity contribution in [3.05, 3.63) is 65.1 Å². The fraction of sp³-hybridized carbons (Fsp3) is 0.211. The number of nitrogens with one attached hydrogen (secondary N) is 1. The average molecular weight is 358 g/mol. The van der Waals surface area contributed by atoms with Gasteiger partial charge in [-0.05, 0) is 36.4 Å². The molecular formula is C19H17ClFN3O. The number of benzene rings is 2. The number of rotatable bonds is 2. The number of anilines is 1. The molecule has 1 aliphatic heterocycles. The van der Waals surface area contributed by atoms with E-state index in [9.17, 15) is 9.18 Å². The molecule has 128 valence electrons. The Morgan fingerprint density at radius 3 is 2.64 bits per heavy atom. The summed E-state index contributed by atoms with van der Waals surface area (Å²) >= 11 is 6.06. The smallest absolute Gasteiger partial charge is 0.256 e. The second-order valence-corrected chi connectivity index (χ2v) is 6.59. The topological polar surface area (TPSA) is 39.3 Å². The van der Waals surface area contributed by atoms with Gasteiger partial charge in [-0.15, -0.1) is 0 Å². The second kappa shape index (κ2) is 6.41. The molecule has 0 bridgehead atoms. The average Bonchev–Trinajstić information content (AvgIpc) is 3.04. The van der Waals surface area contributed by atoms with Crippen LogP contribution in [-0.4, -0.2) is 42.0 Å². The molecule has 1 amide bonds. The molecule has 2 heterocycles. The number of nitrogens with zero attached hydrogens (tertiary/aromatic N) is 2. The third kappa shape index (κ3) is 3.07. The molecule has 0 saturated carbocycles. The van der Waals surface area contributed by atoms with E-state index in [1.807, 2.05) is 29.2 Å². The van der Waals surface area contributed by atoms with Crippen molar-refractivity contribution in [2.24, 2.45) is 0 Å². The van der Waals surface area contributed by atoms with Crippen molar-refractivity contribution in [1.82, 2.24) is 9.88 Å². The third-order valence-corrected chi connectivity index (χ3v) is 4.85. The van der Waals surface area contributed by atoms with E-state index >= 15 is 0 Å². The highest BCUT2D eigenvalue weighted by atomic mass is 35.5. The van der Waals surface area contributed by atoms with Crippen LogP contribution in [0.15, 0.2) is 48.7 Å². The van der Waals surface area contributed by atoms with Crippen LogP contribution in [0, 0.1) is 5.82 Å². The molecule has 0 spiro atoms. The summed E-state index contributed by atoms with van der Waals surface area (Å²) < 4.78 is 13.3. The number of hydrogen-bond donors (Lipinski definition) is 1. The molecule has 4 nitrogen and oxygen atoms in total. The minimum absolute atomic E-state index is 0.0244. The van der Waals surface area contributed by atoms with Crippen molar-refractivity contribution >= 4 is 34.1 Å². The van der Waals surface area contributed by atoms with Crippen molar-refractivity contribution in [3.63, 3.8) is 0 Å². The van der Waals surface area contributed by atoms with Crippen molar-refractivity contribution < 1.29 is 9.18 Å². The molecule has 1 N–H and O–H groups in total. The Hall–Kier alpha value is -2.53. The lowest BCUT2D eigenvalue weighted by Gasteiger charge is -2.36. The molecule has 0 unspecified atom stereocenters. The molecule has 1 aromatic heterocycles. The number of hydrogen-bond acceptors (Lipinski definition) is 2. The van der Waals surface area contributed by atoms with E-state index in [1.54, 1.807) is 12.3 Å². The van der Waals surface area contributed by atoms with Crippen molar-refractivity contribution in [2.75, 3.05) is 31.1 Å². The number of aromatic amines is 1. The molecular weight excluding hydrogens is 341 g/mol. The van der Waals surface area contributed by atoms with Gasteiger partial charge in [-0.25, -0.2) is 4.39 Å². The molecule has 3 aromatic rings. The van der Waals surface area contributed by atoms with Crippen LogP contribution in [0.3, 0.4) is 0 Å². The van der Waals surface area contributed by atoms with Gasteiger partial charge in [0, 0.05) is 54.0 Å². The Labute approximate surface area is 149 Å². The quantitative estimate of drug-likeness (QED) is 0.755. The first-order valence-corrected chi connectivity index (χ1v) is 8.56. The fourth-order valence-electron chi connectivity index (χ4n) is 3.29. The number of halogens is 2. The lowest BCUT2D eigenvalue weighted by Crippen LogP contribution is -2.48. The van der Waals surface area contributed by atoms with Crippen molar-refractivity contribution in [1.29, 1.82) is 0 Å². The van der Waals surface area contributed by atoms with Crippen LogP contribution in [0.25, 0.3) is 10.9 Å². The number of carbonyl (C=O) groups is 1. The number of amides is 1. The zero-order valence-corrected chi connectivity index (χ0v) is 14.3. The van der Waals surface area contributed by atoms with E-state index in [4.69, 9.17) is 11.6 Å². The van der Waals surface area contributed by atoms with E-state index in [2.05, 4.69) is 9.88 Å². The zero-order valence-electron chi connectivity index (χ0n) is 13.5. The number of aromatic nitrogens is 1. The van der Waals surface area contributed by atoms with Gasteiger partial charge in [0.1, 0.15) is 5.82 Å². The van der Waals surface area contributed by atoms with Crippen LogP contribution in [0.1, 0.15) is 10.4 Å². The standard InChI is InChI=1S/C19H17ClFN3O/c20-13-2-1-3-15(10-13)23-6-8-24(9-7-23)19(25)17-12-22-18-11-14(21)4-5-16(17)18/h1-5,10-12,22H,6-9H2. The Kier molecular flexibility index (Phi) is 4.09. The summed E-state index contributed by atoms with van der Waals surface area (Å²) in [7, 11) is 0. The highest BCUT2D eigenvalue weighted by Crippen LogP contribution is 2.23. The lowest BCUT2D eigenvalue weighted by molar-refractivity contribution is 0.0749. The van der Waals surface area contributed by atoms with Gasteiger partial charge in [-0.1, -0.05) is 17.7 Å². The molecule has 4 rings (SSSR count). The summed E-state index contributed by atoms with van der Waals surface area (Å²) in [5.41, 5.74) is 2.30. The molecule has 1 saturated heterocycles. The van der Waals surface area contributed by atoms with E-state index in [0.717, 1.165) is 24.2 Å². The molecule has 6 heteroatoms. The van der Waals surface area contributed by atoms with Crippen LogP contribution in [-0.2, 0) is 0 Å². The van der Waals surface area contributed by atoms with Crippen LogP contribution in [0.2, 0.25) is 5.02 Å². The van der Waals surface area contributed by atoms with Gasteiger partial charge in [0.2, 0.25) is 0 Å². The van der Waals surface area contributed by atoms with Gasteiger partial charge in [-0.3, -0.25) is 4.79 Å². The maximum atomic E-state index is 13.3. The zero-order chi connectivity index (χ0) is 17.4. The van der Waals surface area contributed by atoms with Gasteiger partial charge in [0.15, 0.2) is 0 Å². The maximum Gasteiger partial charge on any atom is 0.256 e. The molecule has 0 radical (unpaired) electrons. The van der Waals surface area contributed by atoms with Crippen LogP contribution in [0.5, 0.6) is 0 Å². The molecule has 25 heavy (non-hydrogen) atoms. The molecule has 2 aromatic carbocycles. The number of carbonyl (C=O) groups excluding carboxylic acids is 1. The molecule has 1 fully saturated rings. The van der Waals surface area contributed by atoms with E-state index in [0.29, 0.717) is 29.2 Å². The summed E-state index contributed by atoms with van der Waals surface area (Å²) in [4.78, 5) is 19.9. The van der Waals surface area contributed by atoms with Crippen LogP contribution >= 0.6 is 11.6 Å².